The molecule has 2 aliphatic rings. The van der Waals surface area contributed by atoms with Crippen molar-refractivity contribution >= 4 is 35.7 Å². The van der Waals surface area contributed by atoms with E-state index in [0.29, 0.717) is 53.4 Å². The van der Waals surface area contributed by atoms with Gasteiger partial charge in [-0.15, -0.1) is 0 Å². The zero-order valence-corrected chi connectivity index (χ0v) is 44.7. The fourth-order valence-corrected chi connectivity index (χ4v) is 9.19. The van der Waals surface area contributed by atoms with Crippen LogP contribution >= 0.6 is 0 Å². The second kappa shape index (κ2) is 26.1. The fourth-order valence-electron chi connectivity index (χ4n) is 9.19. The topological polar surface area (TPSA) is 199 Å². The van der Waals surface area contributed by atoms with E-state index in [1.165, 1.54) is 5.57 Å². The number of nitrogens with zero attached hydrogens (tertiary/aromatic N) is 2. The Hall–Kier alpha value is -4.46. The van der Waals surface area contributed by atoms with E-state index in [-0.39, 0.29) is 42.2 Å². The minimum absolute atomic E-state index is 0.0105. The van der Waals surface area contributed by atoms with E-state index in [1.54, 1.807) is 48.5 Å². The summed E-state index contributed by atoms with van der Waals surface area (Å²) in [4.78, 5) is 61.0. The molecule has 0 aromatic carbocycles. The molecule has 13 heteroatoms. The van der Waals surface area contributed by atoms with Crippen molar-refractivity contribution < 1.29 is 52.8 Å². The predicted octanol–water partition coefficient (Wildman–Crippen LogP) is 11.1. The molecule has 0 radical (unpaired) electrons. The van der Waals surface area contributed by atoms with Gasteiger partial charge in [-0.25, -0.2) is 9.97 Å². The summed E-state index contributed by atoms with van der Waals surface area (Å²) in [6.07, 6.45) is 11.8. The molecule has 3 N–H and O–H groups in total. The molecule has 10 atom stereocenters. The number of cyclic esters (lactones) is 2. The van der Waals surface area contributed by atoms with Crippen LogP contribution in [0.2, 0.25) is 0 Å². The third kappa shape index (κ3) is 16.8. The highest BCUT2D eigenvalue weighted by Crippen LogP contribution is 2.36. The Morgan fingerprint density at radius 1 is 0.638 bits per heavy atom. The Bertz CT molecular complexity index is 2170. The molecule has 69 heavy (non-hydrogen) atoms. The molecule has 0 fully saturated rings. The first-order valence-corrected chi connectivity index (χ1v) is 25.1. The molecule has 4 rings (SSSR count). The van der Waals surface area contributed by atoms with E-state index in [2.05, 4.69) is 42.0 Å². The number of Topliss-reactive ketones (excluding diaryl/α,β-unsaturated/α-hetero) is 2. The highest BCUT2D eigenvalue weighted by molar-refractivity contribution is 5.88. The van der Waals surface area contributed by atoms with Crippen LogP contribution in [0.15, 0.2) is 43.8 Å². The maximum atomic E-state index is 13.3. The van der Waals surface area contributed by atoms with Gasteiger partial charge in [0.05, 0.1) is 42.0 Å². The summed E-state index contributed by atoms with van der Waals surface area (Å²) in [5.41, 5.74) is 1.99. The van der Waals surface area contributed by atoms with Crippen molar-refractivity contribution in [2.75, 3.05) is 0 Å². The first-order chi connectivity index (χ1) is 32.1. The molecule has 0 saturated carbocycles. The van der Waals surface area contributed by atoms with Gasteiger partial charge in [-0.2, -0.15) is 0 Å². The molecule has 13 nitrogen and oxygen atoms in total. The molecular weight excluding hydrogens is 877 g/mol. The monoisotopic (exact) mass is 963 g/mol. The third-order valence-corrected chi connectivity index (χ3v) is 14.9. The summed E-state index contributed by atoms with van der Waals surface area (Å²) in [5.74, 6) is 0.859. The van der Waals surface area contributed by atoms with Crippen LogP contribution in [0.1, 0.15) is 182 Å². The first-order valence-electron chi connectivity index (χ1n) is 25.1. The molecule has 0 saturated heterocycles. The molecule has 0 amide bonds. The zero-order chi connectivity index (χ0) is 52.1. The molecule has 2 aliphatic heterocycles. The maximum absolute atomic E-state index is 13.3. The number of hydrogen-bond acceptors (Lipinski definition) is 13. The van der Waals surface area contributed by atoms with Crippen molar-refractivity contribution in [2.24, 2.45) is 40.4 Å². The Kier molecular flexibility index (Phi) is 22.3. The predicted molar refractivity (Wildman–Crippen MR) is 269 cm³/mol. The van der Waals surface area contributed by atoms with Crippen LogP contribution in [0.3, 0.4) is 0 Å². The number of aliphatic hydroxyl groups is 3. The zero-order valence-electron chi connectivity index (χ0n) is 44.7. The van der Waals surface area contributed by atoms with Crippen molar-refractivity contribution in [3.63, 3.8) is 0 Å². The quantitative estimate of drug-likeness (QED) is 0.193. The van der Waals surface area contributed by atoms with Crippen LogP contribution in [0.4, 0.5) is 0 Å². The molecule has 386 valence electrons. The molecular formula is C56H86N2O11. The van der Waals surface area contributed by atoms with Crippen molar-refractivity contribution in [1.29, 1.82) is 0 Å². The molecule has 0 unspecified atom stereocenters. The number of rotatable bonds is 4. The summed E-state index contributed by atoms with van der Waals surface area (Å²) >= 11 is 0. The van der Waals surface area contributed by atoms with E-state index >= 15 is 0 Å². The molecule has 0 aliphatic carbocycles. The van der Waals surface area contributed by atoms with Crippen LogP contribution in [-0.2, 0) is 28.7 Å². The second-order valence-corrected chi connectivity index (χ2v) is 21.4. The summed E-state index contributed by atoms with van der Waals surface area (Å²) in [6.45, 7) is 29.7. The van der Waals surface area contributed by atoms with E-state index in [9.17, 15) is 34.5 Å². The highest BCUT2D eigenvalue weighted by atomic mass is 16.5. The number of carbonyl (C=O) groups excluding carboxylic acids is 4. The number of esters is 2. The molecule has 2 aromatic heterocycles. The van der Waals surface area contributed by atoms with Crippen LogP contribution in [0.5, 0.6) is 0 Å². The lowest BCUT2D eigenvalue weighted by Crippen LogP contribution is -2.45. The molecule has 0 bridgehead atoms. The molecule has 0 spiro atoms. The SMILES string of the molecule is C/C(=C\c1nc(C)oc1C)[C@@H]1C/C=C\CCC[C@H](C)[C@H](C)[C@@H](C)C(=O)C(C)(C)[C@@H](O)CC(=O)O1.C/C1=C/C[C@@H](/C(C)=C/c2nc(C)oc2C)OC(=O)C[C@H](O)C(C)(C)C(=O)[C@H](C)[C@@H](O)[C@@H](C)CCC1. The number of ketones is 2. The number of ether oxygens (including phenoxy) is 2. The van der Waals surface area contributed by atoms with Gasteiger partial charge in [0.25, 0.3) is 0 Å². The van der Waals surface area contributed by atoms with Crippen LogP contribution in [0.25, 0.3) is 12.2 Å². The first kappa shape index (κ1) is 58.9. The fraction of sp³-hybridized carbons (Fsp3) is 0.679. The smallest absolute Gasteiger partial charge is 0.309 e. The van der Waals surface area contributed by atoms with Gasteiger partial charge >= 0.3 is 11.9 Å². The highest BCUT2D eigenvalue weighted by Gasteiger charge is 2.43. The number of carbonyl (C=O) groups is 4. The van der Waals surface area contributed by atoms with Gasteiger partial charge in [0.1, 0.15) is 46.7 Å². The Labute approximate surface area is 412 Å². The minimum Gasteiger partial charge on any atom is -0.457 e. The van der Waals surface area contributed by atoms with E-state index < -0.39 is 59.2 Å². The van der Waals surface area contributed by atoms with Gasteiger partial charge < -0.3 is 33.6 Å². The van der Waals surface area contributed by atoms with Crippen LogP contribution < -0.4 is 0 Å². The summed E-state index contributed by atoms with van der Waals surface area (Å²) in [7, 11) is 0. The van der Waals surface area contributed by atoms with Gasteiger partial charge in [0, 0.05) is 38.5 Å². The van der Waals surface area contributed by atoms with Gasteiger partial charge in [-0.3, -0.25) is 19.2 Å². The number of oxazole rings is 2. The van der Waals surface area contributed by atoms with Crippen molar-refractivity contribution in [3.05, 3.63) is 69.6 Å². The number of aromatic nitrogens is 2. The standard InChI is InChI=1S/C28H43NO6.C28H43NO5/c1-16-10-9-11-17(2)26(32)19(4)27(33)28(7,8)24(30)15-25(31)35-23(13-12-16)18(3)14-22-20(5)34-21(6)29-22;1-17-13-11-9-10-12-14-24(18(2)15-23-21(5)33-22(6)29-23)34-26(31)16-25(30)28(7,8)27(32)20(4)19(17)3/h12,14,17,19,23-24,26,30,32H,9-11,13,15H2,1-8H3;10,12,15,17,19-20,24-25,30H,9,11,13-14,16H2,1-8H3/b16-12-,18-14+;12-10-,18-15+/t17-,19+,23-,24-,26-;17-,19-,20+,24-,25-/m00/s1. The maximum Gasteiger partial charge on any atom is 0.309 e. The van der Waals surface area contributed by atoms with Gasteiger partial charge in [-0.05, 0) is 108 Å². The normalized spacial score (nSPS) is 31.4. The van der Waals surface area contributed by atoms with Gasteiger partial charge in [-0.1, -0.05) is 92.5 Å². The van der Waals surface area contributed by atoms with Gasteiger partial charge in [0.2, 0.25) is 0 Å². The molecule has 2 aromatic rings. The molecule has 4 heterocycles. The van der Waals surface area contributed by atoms with E-state index in [4.69, 9.17) is 18.3 Å². The Balaban J connectivity index is 0.000000365. The number of aliphatic hydroxyl groups excluding tert-OH is 3. The van der Waals surface area contributed by atoms with Crippen molar-refractivity contribution in [1.82, 2.24) is 9.97 Å². The minimum atomic E-state index is -1.23. The van der Waals surface area contributed by atoms with Crippen LogP contribution in [0, 0.1) is 68.1 Å². The van der Waals surface area contributed by atoms with Crippen LogP contribution in [-0.4, -0.2) is 79.3 Å². The average molecular weight is 963 g/mol. The number of allylic oxidation sites excluding steroid dienone is 2. The lowest BCUT2D eigenvalue weighted by atomic mass is 9.70. The summed E-state index contributed by atoms with van der Waals surface area (Å²) in [6, 6.07) is 0. The second-order valence-electron chi connectivity index (χ2n) is 21.4. The van der Waals surface area contributed by atoms with E-state index in [0.717, 1.165) is 49.7 Å². The summed E-state index contributed by atoms with van der Waals surface area (Å²) < 4.78 is 22.6. The van der Waals surface area contributed by atoms with E-state index in [1.807, 2.05) is 60.6 Å². The summed E-state index contributed by atoms with van der Waals surface area (Å²) in [5, 5.41) is 32.5. The third-order valence-electron chi connectivity index (χ3n) is 14.9. The average Bonchev–Trinajstić information content (AvgIpc) is 3.78. The lowest BCUT2D eigenvalue weighted by molar-refractivity contribution is -0.155. The number of hydrogen-bond donors (Lipinski definition) is 3. The van der Waals surface area contributed by atoms with Crippen molar-refractivity contribution in [3.8, 4) is 0 Å². The van der Waals surface area contributed by atoms with Crippen molar-refractivity contribution in [2.45, 2.75) is 206 Å². The number of aryl methyl sites for hydroxylation is 4. The van der Waals surface area contributed by atoms with Gasteiger partial charge in [0.15, 0.2) is 11.8 Å². The largest absolute Gasteiger partial charge is 0.457 e. The Morgan fingerprint density at radius 2 is 1.09 bits per heavy atom. The Morgan fingerprint density at radius 3 is 1.55 bits per heavy atom. The lowest BCUT2D eigenvalue weighted by Gasteiger charge is -2.35.